The molecule has 0 unspecified atom stereocenters. The highest BCUT2D eigenvalue weighted by molar-refractivity contribution is 7.15. The molecule has 0 aliphatic heterocycles. The summed E-state index contributed by atoms with van der Waals surface area (Å²) in [5.41, 5.74) is 5.77. The van der Waals surface area contributed by atoms with E-state index < -0.39 is 5.97 Å². The van der Waals surface area contributed by atoms with Crippen molar-refractivity contribution in [1.82, 2.24) is 14.9 Å². The number of esters is 1. The molecule has 6 nitrogen and oxygen atoms in total. The lowest BCUT2D eigenvalue weighted by Gasteiger charge is -2.21. The minimum absolute atomic E-state index is 0.124. The van der Waals surface area contributed by atoms with Gasteiger partial charge in [0, 0.05) is 23.6 Å². The number of nitrogens with one attached hydrogen (secondary N) is 1. The Bertz CT molecular complexity index is 1320. The molecule has 0 spiro atoms. The van der Waals surface area contributed by atoms with Crippen LogP contribution in [-0.4, -0.2) is 46.9 Å². The van der Waals surface area contributed by atoms with Crippen molar-refractivity contribution < 1.29 is 14.3 Å². The van der Waals surface area contributed by atoms with Crippen LogP contribution in [0.3, 0.4) is 0 Å². The molecular formula is C26H27N3O3S. The smallest absolute Gasteiger partial charge is 0.325 e. The van der Waals surface area contributed by atoms with Gasteiger partial charge in [0.2, 0.25) is 0 Å². The number of aromatic amines is 1. The number of benzene rings is 2. The Kier molecular flexibility index (Phi) is 6.60. The molecule has 0 saturated carbocycles. The quantitative estimate of drug-likeness (QED) is 0.390. The van der Waals surface area contributed by atoms with Crippen LogP contribution in [0.2, 0.25) is 0 Å². The van der Waals surface area contributed by atoms with Crippen LogP contribution >= 0.6 is 11.3 Å². The standard InChI is InChI=1S/C26H27N3O3S/c1-16-9-10-20(17(2)13-16)25-24(28-18(3)33-25)26(31)29(15-23(30)32-4)12-11-19-14-27-22-8-6-5-7-21(19)22/h5-10,13-14,27H,11-12,15H2,1-4H3. The van der Waals surface area contributed by atoms with Crippen molar-refractivity contribution in [2.75, 3.05) is 20.2 Å². The van der Waals surface area contributed by atoms with Gasteiger partial charge in [-0.2, -0.15) is 0 Å². The van der Waals surface area contributed by atoms with E-state index >= 15 is 0 Å². The average Bonchev–Trinajstić information content (AvgIpc) is 3.39. The molecule has 1 N–H and O–H groups in total. The number of fused-ring (bicyclic) bond motifs is 1. The fraction of sp³-hybridized carbons (Fsp3) is 0.269. The zero-order valence-corrected chi connectivity index (χ0v) is 20.1. The summed E-state index contributed by atoms with van der Waals surface area (Å²) < 4.78 is 4.87. The Morgan fingerprint density at radius 3 is 2.67 bits per heavy atom. The molecular weight excluding hydrogens is 434 g/mol. The van der Waals surface area contributed by atoms with Crippen LogP contribution < -0.4 is 0 Å². The Morgan fingerprint density at radius 1 is 1.12 bits per heavy atom. The molecule has 2 heterocycles. The van der Waals surface area contributed by atoms with Crippen molar-refractivity contribution in [3.63, 3.8) is 0 Å². The summed E-state index contributed by atoms with van der Waals surface area (Å²) in [5, 5.41) is 1.92. The zero-order valence-electron chi connectivity index (χ0n) is 19.3. The van der Waals surface area contributed by atoms with Crippen LogP contribution in [0.5, 0.6) is 0 Å². The number of aromatic nitrogens is 2. The lowest BCUT2D eigenvalue weighted by molar-refractivity contribution is -0.141. The SMILES string of the molecule is COC(=O)CN(CCc1c[nH]c2ccccc12)C(=O)c1nc(C)sc1-c1ccc(C)cc1C. The Labute approximate surface area is 197 Å². The number of hydrogen-bond donors (Lipinski definition) is 1. The Hall–Kier alpha value is -3.45. The Morgan fingerprint density at radius 2 is 1.91 bits per heavy atom. The second-order valence-electron chi connectivity index (χ2n) is 8.14. The minimum Gasteiger partial charge on any atom is -0.468 e. The molecule has 0 bridgehead atoms. The predicted molar refractivity (Wildman–Crippen MR) is 132 cm³/mol. The molecule has 0 atom stereocenters. The number of ether oxygens (including phenoxy) is 1. The molecule has 4 rings (SSSR count). The number of rotatable bonds is 7. The van der Waals surface area contributed by atoms with Crippen LogP contribution in [0.15, 0.2) is 48.7 Å². The van der Waals surface area contributed by atoms with Crippen molar-refractivity contribution >= 4 is 34.1 Å². The molecule has 0 radical (unpaired) electrons. The summed E-state index contributed by atoms with van der Waals surface area (Å²) in [6, 6.07) is 14.2. The number of para-hydroxylation sites is 1. The van der Waals surface area contributed by atoms with Gasteiger partial charge in [0.1, 0.15) is 12.2 Å². The van der Waals surface area contributed by atoms with Gasteiger partial charge in [-0.3, -0.25) is 9.59 Å². The number of aryl methyl sites for hydroxylation is 3. The highest BCUT2D eigenvalue weighted by Crippen LogP contribution is 2.33. The van der Waals surface area contributed by atoms with Crippen molar-refractivity contribution in [2.24, 2.45) is 0 Å². The minimum atomic E-state index is -0.456. The second kappa shape index (κ2) is 9.58. The molecule has 1 amide bonds. The number of nitrogens with zero attached hydrogens (tertiary/aromatic N) is 2. The van der Waals surface area contributed by atoms with Crippen molar-refractivity contribution in [3.8, 4) is 10.4 Å². The van der Waals surface area contributed by atoms with Gasteiger partial charge in [-0.05, 0) is 49.9 Å². The Balaban J connectivity index is 1.65. The topological polar surface area (TPSA) is 75.3 Å². The van der Waals surface area contributed by atoms with E-state index in [4.69, 9.17) is 4.74 Å². The molecule has 0 fully saturated rings. The predicted octanol–water partition coefficient (Wildman–Crippen LogP) is 5.07. The molecule has 7 heteroatoms. The molecule has 33 heavy (non-hydrogen) atoms. The molecule has 2 aromatic heterocycles. The lowest BCUT2D eigenvalue weighted by Crippen LogP contribution is -2.38. The number of hydrogen-bond acceptors (Lipinski definition) is 5. The van der Waals surface area contributed by atoms with Gasteiger partial charge in [-0.15, -0.1) is 11.3 Å². The zero-order chi connectivity index (χ0) is 23.5. The molecule has 170 valence electrons. The fourth-order valence-electron chi connectivity index (χ4n) is 4.04. The third-order valence-corrected chi connectivity index (χ3v) is 6.73. The highest BCUT2D eigenvalue weighted by Gasteiger charge is 2.26. The molecule has 4 aromatic rings. The first-order valence-electron chi connectivity index (χ1n) is 10.8. The second-order valence-corrected chi connectivity index (χ2v) is 9.34. The average molecular weight is 462 g/mol. The monoisotopic (exact) mass is 461 g/mol. The third kappa shape index (κ3) is 4.83. The van der Waals surface area contributed by atoms with E-state index in [1.807, 2.05) is 57.3 Å². The van der Waals surface area contributed by atoms with E-state index in [1.165, 1.54) is 23.3 Å². The van der Waals surface area contributed by atoms with Gasteiger partial charge >= 0.3 is 5.97 Å². The van der Waals surface area contributed by atoms with Crippen LogP contribution in [0.1, 0.15) is 32.2 Å². The number of carbonyl (C=O) groups is 2. The number of amides is 1. The van der Waals surface area contributed by atoms with Gasteiger partial charge in [-0.1, -0.05) is 42.0 Å². The van der Waals surface area contributed by atoms with E-state index in [2.05, 4.69) is 22.1 Å². The van der Waals surface area contributed by atoms with E-state index in [0.717, 1.165) is 43.0 Å². The first-order chi connectivity index (χ1) is 15.9. The maximum Gasteiger partial charge on any atom is 0.325 e. The summed E-state index contributed by atoms with van der Waals surface area (Å²) in [5.74, 6) is -0.720. The summed E-state index contributed by atoms with van der Waals surface area (Å²) in [6.07, 6.45) is 2.56. The van der Waals surface area contributed by atoms with Crippen molar-refractivity contribution in [2.45, 2.75) is 27.2 Å². The van der Waals surface area contributed by atoms with Gasteiger partial charge in [-0.25, -0.2) is 4.98 Å². The summed E-state index contributed by atoms with van der Waals surface area (Å²) >= 11 is 1.50. The summed E-state index contributed by atoms with van der Waals surface area (Å²) in [7, 11) is 1.33. The van der Waals surface area contributed by atoms with Gasteiger partial charge < -0.3 is 14.6 Å². The molecule has 0 aliphatic carbocycles. The number of thiazole rings is 1. The number of H-pyrrole nitrogens is 1. The van der Waals surface area contributed by atoms with E-state index in [-0.39, 0.29) is 12.5 Å². The maximum atomic E-state index is 13.7. The first-order valence-corrected chi connectivity index (χ1v) is 11.6. The highest BCUT2D eigenvalue weighted by atomic mass is 32.1. The van der Waals surface area contributed by atoms with Crippen LogP contribution in [0.25, 0.3) is 21.3 Å². The lowest BCUT2D eigenvalue weighted by atomic mass is 10.0. The van der Waals surface area contributed by atoms with E-state index in [0.29, 0.717) is 18.7 Å². The summed E-state index contributed by atoms with van der Waals surface area (Å²) in [4.78, 5) is 36.0. The van der Waals surface area contributed by atoms with Crippen LogP contribution in [-0.2, 0) is 16.0 Å². The fourth-order valence-corrected chi connectivity index (χ4v) is 5.04. The maximum absolute atomic E-state index is 13.7. The normalized spacial score (nSPS) is 11.0. The van der Waals surface area contributed by atoms with Gasteiger partial charge in [0.05, 0.1) is 17.0 Å². The van der Waals surface area contributed by atoms with Gasteiger partial charge in [0.25, 0.3) is 5.91 Å². The van der Waals surface area contributed by atoms with Crippen LogP contribution in [0, 0.1) is 20.8 Å². The van der Waals surface area contributed by atoms with Gasteiger partial charge in [0.15, 0.2) is 0 Å². The van der Waals surface area contributed by atoms with Crippen LogP contribution in [0.4, 0.5) is 0 Å². The van der Waals surface area contributed by atoms with Crippen molar-refractivity contribution in [1.29, 1.82) is 0 Å². The third-order valence-electron chi connectivity index (χ3n) is 5.72. The molecule has 2 aromatic carbocycles. The van der Waals surface area contributed by atoms with Crippen molar-refractivity contribution in [3.05, 3.63) is 76.1 Å². The van der Waals surface area contributed by atoms with E-state index in [1.54, 1.807) is 0 Å². The number of carbonyl (C=O) groups excluding carboxylic acids is 2. The number of methoxy groups -OCH3 is 1. The first kappa shape index (κ1) is 22.7. The molecule has 0 aliphatic rings. The molecule has 0 saturated heterocycles. The largest absolute Gasteiger partial charge is 0.468 e. The van der Waals surface area contributed by atoms with E-state index in [9.17, 15) is 9.59 Å². The summed E-state index contributed by atoms with van der Waals surface area (Å²) in [6.45, 7) is 6.22.